The van der Waals surface area contributed by atoms with Crippen LogP contribution in [0.3, 0.4) is 0 Å². The van der Waals surface area contributed by atoms with Gasteiger partial charge in [-0.25, -0.2) is 9.78 Å². The number of ether oxygens (including phenoxy) is 3. The van der Waals surface area contributed by atoms with Gasteiger partial charge in [0, 0.05) is 30.5 Å². The van der Waals surface area contributed by atoms with E-state index in [9.17, 15) is 19.2 Å². The van der Waals surface area contributed by atoms with E-state index in [1.807, 2.05) is 30.3 Å². The molecule has 202 valence electrons. The number of aromatic nitrogens is 1. The molecule has 0 saturated carbocycles. The van der Waals surface area contributed by atoms with Crippen LogP contribution in [0.2, 0.25) is 0 Å². The SMILES string of the molecule is O=C(N[C@@H](Cc1ccccc1)C(=O)N[C@@H](C[C@@H]1CCNC1=O)C(=O)c1nccs1)O[C@H]1CO[C@H]2OCC[C@H]21. The van der Waals surface area contributed by atoms with Gasteiger partial charge in [0.15, 0.2) is 11.3 Å². The second-order valence-corrected chi connectivity index (χ2v) is 10.5. The molecule has 0 unspecified atom stereocenters. The van der Waals surface area contributed by atoms with Crippen molar-refractivity contribution in [3.05, 3.63) is 52.5 Å². The van der Waals surface area contributed by atoms with Crippen LogP contribution in [-0.4, -0.2) is 72.9 Å². The molecule has 5 rings (SSSR count). The summed E-state index contributed by atoms with van der Waals surface area (Å²) in [6.07, 6.45) is 1.54. The predicted octanol–water partition coefficient (Wildman–Crippen LogP) is 1.44. The van der Waals surface area contributed by atoms with Crippen LogP contribution in [0.5, 0.6) is 0 Å². The van der Waals surface area contributed by atoms with Crippen LogP contribution in [0, 0.1) is 11.8 Å². The topological polar surface area (TPSA) is 145 Å². The number of ketones is 1. The zero-order valence-electron chi connectivity index (χ0n) is 20.7. The third-order valence-corrected chi connectivity index (χ3v) is 7.88. The number of amides is 3. The summed E-state index contributed by atoms with van der Waals surface area (Å²) in [4.78, 5) is 56.0. The Morgan fingerprint density at radius 2 is 1.97 bits per heavy atom. The van der Waals surface area contributed by atoms with Crippen molar-refractivity contribution in [3.63, 3.8) is 0 Å². The molecule has 2 aromatic rings. The zero-order valence-corrected chi connectivity index (χ0v) is 21.5. The summed E-state index contributed by atoms with van der Waals surface area (Å²) >= 11 is 1.17. The maximum absolute atomic E-state index is 13.5. The number of nitrogens with zero attached hydrogens (tertiary/aromatic N) is 1. The van der Waals surface area contributed by atoms with Crippen molar-refractivity contribution in [3.8, 4) is 0 Å². The van der Waals surface area contributed by atoms with E-state index < -0.39 is 36.1 Å². The van der Waals surface area contributed by atoms with Crippen LogP contribution in [-0.2, 0) is 30.2 Å². The lowest BCUT2D eigenvalue weighted by molar-refractivity contribution is -0.125. The van der Waals surface area contributed by atoms with Gasteiger partial charge in [0.2, 0.25) is 17.6 Å². The molecule has 3 amide bonds. The molecule has 3 N–H and O–H groups in total. The third kappa shape index (κ3) is 6.20. The van der Waals surface area contributed by atoms with Crippen LogP contribution in [0.15, 0.2) is 41.9 Å². The van der Waals surface area contributed by atoms with Crippen LogP contribution < -0.4 is 16.0 Å². The molecule has 11 nitrogen and oxygen atoms in total. The highest BCUT2D eigenvalue weighted by molar-refractivity contribution is 7.11. The first-order chi connectivity index (χ1) is 18.5. The Bertz CT molecular complexity index is 1150. The van der Waals surface area contributed by atoms with Crippen LogP contribution in [0.4, 0.5) is 4.79 Å². The number of alkyl carbamates (subject to hydrolysis) is 1. The normalized spacial score (nSPS) is 25.7. The molecular formula is C26H30N4O7S. The van der Waals surface area contributed by atoms with E-state index >= 15 is 0 Å². The predicted molar refractivity (Wildman–Crippen MR) is 135 cm³/mol. The zero-order chi connectivity index (χ0) is 26.5. The number of fused-ring (bicyclic) bond motifs is 1. The quantitative estimate of drug-likeness (QED) is 0.383. The van der Waals surface area contributed by atoms with E-state index in [1.165, 1.54) is 17.5 Å². The van der Waals surface area contributed by atoms with Gasteiger partial charge >= 0.3 is 6.09 Å². The Hall–Kier alpha value is -3.35. The number of Topliss-reactive ketones (excluding diaryl/α,β-unsaturated/α-hetero) is 1. The standard InChI is InChI=1S/C26H30N4O7S/c31-21(24-28-9-11-38-24)18(13-16-6-8-27-22(16)32)29-23(33)19(12-15-4-2-1-3-5-15)30-26(34)37-20-14-36-25-17(20)7-10-35-25/h1-5,9,11,16-20,25H,6-8,10,12-14H2,(H,27,32)(H,29,33)(H,30,34)/t16-,17-,18-,19-,20-,25+/m0/s1. The fraction of sp³-hybridized carbons (Fsp3) is 0.500. The largest absolute Gasteiger partial charge is 0.443 e. The third-order valence-electron chi connectivity index (χ3n) is 7.09. The van der Waals surface area contributed by atoms with E-state index in [-0.39, 0.29) is 48.4 Å². The molecule has 3 fully saturated rings. The molecule has 38 heavy (non-hydrogen) atoms. The van der Waals surface area contributed by atoms with Gasteiger partial charge in [-0.1, -0.05) is 30.3 Å². The van der Waals surface area contributed by atoms with Crippen LogP contribution >= 0.6 is 11.3 Å². The summed E-state index contributed by atoms with van der Waals surface area (Å²) in [5.41, 5.74) is 0.819. The average Bonchev–Trinajstić information content (AvgIpc) is 3.72. The van der Waals surface area contributed by atoms with Gasteiger partial charge < -0.3 is 30.2 Å². The number of carbonyl (C=O) groups excluding carboxylic acids is 4. The molecule has 1 aromatic heterocycles. The van der Waals surface area contributed by atoms with Crippen molar-refractivity contribution in [2.45, 2.75) is 50.2 Å². The first kappa shape index (κ1) is 26.3. The lowest BCUT2D eigenvalue weighted by Gasteiger charge is -2.24. The second kappa shape index (κ2) is 12.0. The van der Waals surface area contributed by atoms with Gasteiger partial charge in [-0.15, -0.1) is 11.3 Å². The first-order valence-electron chi connectivity index (χ1n) is 12.7. The summed E-state index contributed by atoms with van der Waals surface area (Å²) in [7, 11) is 0. The van der Waals surface area contributed by atoms with Gasteiger partial charge in [0.05, 0.1) is 25.2 Å². The maximum atomic E-state index is 13.5. The summed E-state index contributed by atoms with van der Waals surface area (Å²) in [6, 6.07) is 7.23. The number of hydrogen-bond acceptors (Lipinski definition) is 9. The summed E-state index contributed by atoms with van der Waals surface area (Å²) < 4.78 is 16.6. The highest BCUT2D eigenvalue weighted by Gasteiger charge is 2.44. The maximum Gasteiger partial charge on any atom is 0.408 e. The fourth-order valence-electron chi connectivity index (χ4n) is 5.07. The number of carbonyl (C=O) groups is 4. The van der Waals surface area contributed by atoms with Crippen molar-refractivity contribution in [2.24, 2.45) is 11.8 Å². The minimum absolute atomic E-state index is 0.0417. The van der Waals surface area contributed by atoms with Gasteiger partial charge in [-0.2, -0.15) is 0 Å². The van der Waals surface area contributed by atoms with E-state index in [1.54, 1.807) is 5.38 Å². The van der Waals surface area contributed by atoms with Crippen LogP contribution in [0.1, 0.15) is 34.6 Å². The second-order valence-electron chi connectivity index (χ2n) is 9.63. The number of nitrogens with one attached hydrogen (secondary N) is 3. The number of benzene rings is 1. The molecule has 3 aliphatic rings. The summed E-state index contributed by atoms with van der Waals surface area (Å²) in [5, 5.41) is 10.2. The molecule has 0 bridgehead atoms. The van der Waals surface area contributed by atoms with E-state index in [4.69, 9.17) is 14.2 Å². The Balaban J connectivity index is 1.30. The Labute approximate surface area is 223 Å². The van der Waals surface area contributed by atoms with Crippen molar-refractivity contribution in [1.29, 1.82) is 0 Å². The molecule has 0 spiro atoms. The smallest absolute Gasteiger partial charge is 0.408 e. The number of rotatable bonds is 10. The molecule has 12 heteroatoms. The summed E-state index contributed by atoms with van der Waals surface area (Å²) in [5.74, 6) is -1.52. The number of thiazole rings is 1. The Morgan fingerprint density at radius 3 is 2.71 bits per heavy atom. The Morgan fingerprint density at radius 1 is 1.13 bits per heavy atom. The van der Waals surface area contributed by atoms with E-state index in [0.717, 1.165) is 12.0 Å². The average molecular weight is 543 g/mol. The van der Waals surface area contributed by atoms with E-state index in [0.29, 0.717) is 19.6 Å². The Kier molecular flexibility index (Phi) is 8.30. The molecule has 0 radical (unpaired) electrons. The van der Waals surface area contributed by atoms with Crippen molar-refractivity contribution < 1.29 is 33.4 Å². The highest BCUT2D eigenvalue weighted by Crippen LogP contribution is 2.33. The first-order valence-corrected chi connectivity index (χ1v) is 13.6. The minimum atomic E-state index is -1.02. The molecule has 6 atom stereocenters. The van der Waals surface area contributed by atoms with Crippen molar-refractivity contribution >= 4 is 35.0 Å². The lowest BCUT2D eigenvalue weighted by Crippen LogP contribution is -2.53. The van der Waals surface area contributed by atoms with E-state index in [2.05, 4.69) is 20.9 Å². The van der Waals surface area contributed by atoms with Gasteiger partial charge in [0.25, 0.3) is 0 Å². The van der Waals surface area contributed by atoms with Crippen molar-refractivity contribution in [2.75, 3.05) is 19.8 Å². The lowest BCUT2D eigenvalue weighted by atomic mass is 9.95. The highest BCUT2D eigenvalue weighted by atomic mass is 32.1. The molecule has 4 heterocycles. The monoisotopic (exact) mass is 542 g/mol. The molecular weight excluding hydrogens is 512 g/mol. The number of hydrogen-bond donors (Lipinski definition) is 3. The molecule has 3 saturated heterocycles. The van der Waals surface area contributed by atoms with Gasteiger partial charge in [-0.05, 0) is 24.8 Å². The van der Waals surface area contributed by atoms with Crippen LogP contribution in [0.25, 0.3) is 0 Å². The fourth-order valence-corrected chi connectivity index (χ4v) is 5.70. The van der Waals surface area contributed by atoms with Gasteiger partial charge in [-0.3, -0.25) is 14.4 Å². The van der Waals surface area contributed by atoms with Crippen molar-refractivity contribution in [1.82, 2.24) is 20.9 Å². The summed E-state index contributed by atoms with van der Waals surface area (Å²) in [6.45, 7) is 1.30. The molecule has 1 aromatic carbocycles. The molecule has 3 aliphatic heterocycles. The van der Waals surface area contributed by atoms with Gasteiger partial charge in [0.1, 0.15) is 12.1 Å². The minimum Gasteiger partial charge on any atom is -0.443 e. The molecule has 0 aliphatic carbocycles.